The fourth-order valence-corrected chi connectivity index (χ4v) is 2.18. The van der Waals surface area contributed by atoms with Crippen LogP contribution in [-0.2, 0) is 0 Å². The lowest BCUT2D eigenvalue weighted by Crippen LogP contribution is -2.48. The van der Waals surface area contributed by atoms with Gasteiger partial charge in [-0.15, -0.1) is 0 Å². The zero-order valence-electron chi connectivity index (χ0n) is 11.1. The summed E-state index contributed by atoms with van der Waals surface area (Å²) in [5.74, 6) is 0.977. The van der Waals surface area contributed by atoms with E-state index in [0.717, 1.165) is 18.5 Å². The second kappa shape index (κ2) is 5.31. The molecule has 2 nitrogen and oxygen atoms in total. The second-order valence-corrected chi connectivity index (χ2v) is 5.87. The van der Waals surface area contributed by atoms with Crippen molar-refractivity contribution in [1.29, 1.82) is 0 Å². The lowest BCUT2D eigenvalue weighted by atomic mass is 10.0. The summed E-state index contributed by atoms with van der Waals surface area (Å²) in [6.45, 7) is 8.01. The molecule has 2 atom stereocenters. The van der Waals surface area contributed by atoms with Crippen LogP contribution in [0.4, 0.5) is 0 Å². The van der Waals surface area contributed by atoms with Crippen molar-refractivity contribution in [2.45, 2.75) is 58.0 Å². The second-order valence-electron chi connectivity index (χ2n) is 5.87. The smallest absolute Gasteiger partial charge is 0.0271 e. The van der Waals surface area contributed by atoms with Gasteiger partial charge in [-0.2, -0.15) is 0 Å². The normalized spacial score (nSPS) is 27.6. The van der Waals surface area contributed by atoms with Crippen LogP contribution in [0.25, 0.3) is 0 Å². The number of hydrogen-bond acceptors (Lipinski definition) is 2. The molecular weight excluding hydrogens is 184 g/mol. The minimum atomic E-state index is 0.268. The Morgan fingerprint density at radius 1 is 1.27 bits per heavy atom. The molecule has 15 heavy (non-hydrogen) atoms. The molecule has 0 aromatic rings. The minimum Gasteiger partial charge on any atom is -0.312 e. The van der Waals surface area contributed by atoms with E-state index in [1.54, 1.807) is 0 Å². The number of nitrogens with zero attached hydrogens (tertiary/aromatic N) is 1. The van der Waals surface area contributed by atoms with E-state index in [0.29, 0.717) is 0 Å². The van der Waals surface area contributed by atoms with E-state index < -0.39 is 0 Å². The lowest BCUT2D eigenvalue weighted by molar-refractivity contribution is 0.184. The quantitative estimate of drug-likeness (QED) is 0.753. The van der Waals surface area contributed by atoms with Crippen LogP contribution in [0.2, 0.25) is 0 Å². The molecule has 2 heteroatoms. The van der Waals surface area contributed by atoms with Crippen molar-refractivity contribution in [3.63, 3.8) is 0 Å². The Morgan fingerprint density at radius 2 is 1.93 bits per heavy atom. The van der Waals surface area contributed by atoms with Gasteiger partial charge in [-0.25, -0.2) is 0 Å². The van der Waals surface area contributed by atoms with Gasteiger partial charge in [-0.1, -0.05) is 13.3 Å². The first-order chi connectivity index (χ1) is 6.95. The van der Waals surface area contributed by atoms with Gasteiger partial charge in [-0.3, -0.25) is 0 Å². The van der Waals surface area contributed by atoms with Gasteiger partial charge in [0.2, 0.25) is 0 Å². The Labute approximate surface area is 95.4 Å². The number of nitrogens with one attached hydrogen (secondary N) is 1. The number of rotatable bonds is 5. The highest BCUT2D eigenvalue weighted by molar-refractivity contribution is 4.85. The molecule has 1 fully saturated rings. The summed E-state index contributed by atoms with van der Waals surface area (Å²) in [6, 6.07) is 0.772. The van der Waals surface area contributed by atoms with Crippen molar-refractivity contribution in [2.24, 2.45) is 5.92 Å². The molecule has 1 rings (SSSR count). The van der Waals surface area contributed by atoms with Crippen LogP contribution in [0.3, 0.4) is 0 Å². The maximum absolute atomic E-state index is 3.73. The standard InChI is InChI=1S/C13H28N2/c1-6-11-7-8-12(9-11)14-10-13(2,3)15(4)5/h11-12,14H,6-10H2,1-5H3. The average Bonchev–Trinajstić information content (AvgIpc) is 2.62. The summed E-state index contributed by atoms with van der Waals surface area (Å²) in [7, 11) is 4.32. The van der Waals surface area contributed by atoms with Gasteiger partial charge < -0.3 is 10.2 Å². The van der Waals surface area contributed by atoms with Gasteiger partial charge in [0.1, 0.15) is 0 Å². The van der Waals surface area contributed by atoms with Crippen molar-refractivity contribution in [1.82, 2.24) is 10.2 Å². The van der Waals surface area contributed by atoms with Crippen LogP contribution < -0.4 is 5.32 Å². The van der Waals surface area contributed by atoms with Crippen molar-refractivity contribution >= 4 is 0 Å². The molecule has 1 aliphatic rings. The van der Waals surface area contributed by atoms with Crippen LogP contribution in [0, 0.1) is 5.92 Å². The molecule has 90 valence electrons. The zero-order valence-corrected chi connectivity index (χ0v) is 11.1. The highest BCUT2D eigenvalue weighted by Crippen LogP contribution is 2.28. The van der Waals surface area contributed by atoms with E-state index in [9.17, 15) is 0 Å². The van der Waals surface area contributed by atoms with Crippen LogP contribution in [0.5, 0.6) is 0 Å². The molecule has 0 amide bonds. The van der Waals surface area contributed by atoms with Crippen molar-refractivity contribution < 1.29 is 0 Å². The van der Waals surface area contributed by atoms with Gasteiger partial charge in [-0.05, 0) is 53.1 Å². The van der Waals surface area contributed by atoms with E-state index >= 15 is 0 Å². The molecule has 1 aliphatic carbocycles. The van der Waals surface area contributed by atoms with E-state index in [-0.39, 0.29) is 5.54 Å². The summed E-state index contributed by atoms with van der Waals surface area (Å²) in [5.41, 5.74) is 0.268. The first-order valence-corrected chi connectivity index (χ1v) is 6.36. The van der Waals surface area contributed by atoms with Crippen LogP contribution >= 0.6 is 0 Å². The van der Waals surface area contributed by atoms with Gasteiger partial charge in [0.15, 0.2) is 0 Å². The van der Waals surface area contributed by atoms with Crippen molar-refractivity contribution in [3.8, 4) is 0 Å². The van der Waals surface area contributed by atoms with Gasteiger partial charge in [0.25, 0.3) is 0 Å². The fraction of sp³-hybridized carbons (Fsp3) is 1.00. The summed E-state index contributed by atoms with van der Waals surface area (Å²) in [5, 5.41) is 3.73. The summed E-state index contributed by atoms with van der Waals surface area (Å²) < 4.78 is 0. The Bertz CT molecular complexity index is 187. The highest BCUT2D eigenvalue weighted by atomic mass is 15.2. The van der Waals surface area contributed by atoms with Gasteiger partial charge in [0.05, 0.1) is 0 Å². The largest absolute Gasteiger partial charge is 0.312 e. The number of likely N-dealkylation sites (N-methyl/N-ethyl adjacent to an activating group) is 1. The van der Waals surface area contributed by atoms with E-state index in [1.807, 2.05) is 0 Å². The van der Waals surface area contributed by atoms with Gasteiger partial charge in [0, 0.05) is 18.1 Å². The van der Waals surface area contributed by atoms with E-state index in [1.165, 1.54) is 25.7 Å². The third-order valence-electron chi connectivity index (χ3n) is 4.15. The molecule has 0 saturated heterocycles. The molecule has 1 N–H and O–H groups in total. The Kier molecular flexibility index (Phi) is 4.60. The summed E-state index contributed by atoms with van der Waals surface area (Å²) in [6.07, 6.45) is 5.55. The number of hydrogen-bond donors (Lipinski definition) is 1. The maximum Gasteiger partial charge on any atom is 0.0271 e. The molecule has 0 spiro atoms. The zero-order chi connectivity index (χ0) is 11.5. The monoisotopic (exact) mass is 212 g/mol. The molecule has 0 aliphatic heterocycles. The predicted octanol–water partition coefficient (Wildman–Crippen LogP) is 2.49. The first kappa shape index (κ1) is 13.0. The van der Waals surface area contributed by atoms with E-state index in [4.69, 9.17) is 0 Å². The van der Waals surface area contributed by atoms with E-state index in [2.05, 4.69) is 45.1 Å². The third kappa shape index (κ3) is 3.76. The van der Waals surface area contributed by atoms with Gasteiger partial charge >= 0.3 is 0 Å². The average molecular weight is 212 g/mol. The Morgan fingerprint density at radius 3 is 2.40 bits per heavy atom. The molecular formula is C13H28N2. The maximum atomic E-state index is 3.73. The Hall–Kier alpha value is -0.0800. The van der Waals surface area contributed by atoms with Crippen LogP contribution in [0.1, 0.15) is 46.5 Å². The highest BCUT2D eigenvalue weighted by Gasteiger charge is 2.26. The van der Waals surface area contributed by atoms with Crippen molar-refractivity contribution in [2.75, 3.05) is 20.6 Å². The molecule has 0 aromatic heterocycles. The van der Waals surface area contributed by atoms with Crippen LogP contribution in [-0.4, -0.2) is 37.1 Å². The first-order valence-electron chi connectivity index (χ1n) is 6.36. The predicted molar refractivity (Wildman–Crippen MR) is 67.2 cm³/mol. The van der Waals surface area contributed by atoms with Crippen molar-refractivity contribution in [3.05, 3.63) is 0 Å². The molecule has 0 aromatic carbocycles. The summed E-state index contributed by atoms with van der Waals surface area (Å²) >= 11 is 0. The summed E-state index contributed by atoms with van der Waals surface area (Å²) in [4.78, 5) is 2.30. The SMILES string of the molecule is CCC1CCC(NCC(C)(C)N(C)C)C1. The molecule has 1 saturated carbocycles. The minimum absolute atomic E-state index is 0.268. The lowest BCUT2D eigenvalue weighted by Gasteiger charge is -2.34. The topological polar surface area (TPSA) is 15.3 Å². The van der Waals surface area contributed by atoms with Crippen LogP contribution in [0.15, 0.2) is 0 Å². The molecule has 0 radical (unpaired) electrons. The third-order valence-corrected chi connectivity index (χ3v) is 4.15. The Balaban J connectivity index is 2.26. The fourth-order valence-electron chi connectivity index (χ4n) is 2.18. The molecule has 0 heterocycles. The molecule has 0 bridgehead atoms. The molecule has 2 unspecified atom stereocenters.